The number of hydrogen-bond acceptors (Lipinski definition) is 17. The highest BCUT2D eigenvalue weighted by Gasteiger charge is 2.28. The van der Waals surface area contributed by atoms with Crippen LogP contribution < -0.4 is 10.3 Å². The average Bonchev–Trinajstić information content (AvgIpc) is 1.09. The summed E-state index contributed by atoms with van der Waals surface area (Å²) in [7, 11) is -5.67. The van der Waals surface area contributed by atoms with Crippen molar-refractivity contribution < 1.29 is 49.5 Å². The molecule has 24 nitrogen and oxygen atoms in total. The normalized spacial score (nSPS) is 11.4. The molecular weight excluding hydrogens is 1330 g/mol. The number of halogens is 4. The highest BCUT2D eigenvalue weighted by atomic mass is 35.5. The quantitative estimate of drug-likeness (QED) is 0.0487. The number of carbonyl (C=O) groups excluding carboxylic acids is 3. The molecular formula is C61H74Cl4N12O12S3. The molecule has 0 fully saturated rings. The molecule has 3 aromatic carbocycles. The molecule has 0 amide bonds. The largest absolute Gasteiger partial charge is 0.494 e. The van der Waals surface area contributed by atoms with Crippen LogP contribution in [-0.2, 0) is 70.3 Å². The Bertz CT molecular complexity index is 4570. The molecule has 6 heterocycles. The van der Waals surface area contributed by atoms with Crippen molar-refractivity contribution in [3.63, 3.8) is 0 Å². The number of ether oxygens (including phenoxy) is 1. The lowest BCUT2D eigenvalue weighted by Gasteiger charge is -2.14. The van der Waals surface area contributed by atoms with Gasteiger partial charge in [-0.2, -0.15) is 20.4 Å². The van der Waals surface area contributed by atoms with E-state index < -0.39 is 46.5 Å². The molecule has 2 N–H and O–H groups in total. The number of sulfone groups is 3. The molecule has 0 radical (unpaired) electrons. The van der Waals surface area contributed by atoms with Gasteiger partial charge in [0.1, 0.15) is 0 Å². The minimum atomic E-state index is -3.58. The first-order valence-corrected chi connectivity index (χ1v) is 35.3. The van der Waals surface area contributed by atoms with Gasteiger partial charge in [-0.1, -0.05) is 55.6 Å². The number of carbonyl (C=O) groups is 3. The van der Waals surface area contributed by atoms with Crippen LogP contribution in [0.2, 0.25) is 15.1 Å². The second-order valence-corrected chi connectivity index (χ2v) is 28.9. The smallest absolute Gasteiger partial charge is 0.346 e. The van der Waals surface area contributed by atoms with E-state index in [4.69, 9.17) is 51.1 Å². The first-order chi connectivity index (χ1) is 42.8. The molecule has 0 saturated carbocycles. The molecule has 496 valence electrons. The third-order valence-electron chi connectivity index (χ3n) is 13.8. The lowest BCUT2D eigenvalue weighted by atomic mass is 10.00. The number of nitrogens with one attached hydrogen (secondary N) is 1. The molecule has 92 heavy (non-hydrogen) atoms. The van der Waals surface area contributed by atoms with Gasteiger partial charge in [0.05, 0.1) is 90.4 Å². The van der Waals surface area contributed by atoms with Crippen molar-refractivity contribution in [2.75, 3.05) is 38.4 Å². The summed E-state index contributed by atoms with van der Waals surface area (Å²) in [5.41, 5.74) is 6.22. The summed E-state index contributed by atoms with van der Waals surface area (Å²) >= 11 is 24.6. The van der Waals surface area contributed by atoms with E-state index in [9.17, 15) is 49.5 Å². The SMILES string of the molecule is CCN(CC)CC.Cc1cc(=O)n(C)[nH]1.Cc1cnn(Cc2c(S(C)(=O)=O)ccc(C(=O)Cl)c2Cl)c1.Cc1cnn(Cc2c(S(C)(=O)=O)ccc(C(=O)Oc3cc(C)nn3C)c2Cl)c1.Cc1cnn(Cc2c(S(C)(=O)=O)ccc(C(=O)c3c(C)cn(C)c3O)c2Cl)c1. The van der Waals surface area contributed by atoms with Gasteiger partial charge in [-0.15, -0.1) is 0 Å². The second-order valence-electron chi connectivity index (χ2n) is 21.5. The van der Waals surface area contributed by atoms with Crippen LogP contribution in [0.15, 0.2) is 111 Å². The maximum absolute atomic E-state index is 13.1. The Morgan fingerprint density at radius 3 is 1.27 bits per heavy atom. The number of benzene rings is 3. The zero-order valence-corrected chi connectivity index (χ0v) is 59.0. The molecule has 0 aliphatic carbocycles. The molecule has 0 saturated heterocycles. The number of aromatic amines is 1. The van der Waals surface area contributed by atoms with Crippen LogP contribution >= 0.6 is 46.4 Å². The van der Waals surface area contributed by atoms with Crippen molar-refractivity contribution in [2.24, 2.45) is 21.1 Å². The number of esters is 1. The van der Waals surface area contributed by atoms with Crippen molar-refractivity contribution in [3.8, 4) is 11.8 Å². The Hall–Kier alpha value is -7.63. The minimum Gasteiger partial charge on any atom is -0.494 e. The standard InChI is InChI=1S/C19H20ClN3O4S.C18H19ClN4O4S.C13H12Cl2N2O3S.C6H15N.C5H8N2O/c1-11-7-21-23(8-11)10-14-15(28(4,26)27)6-5-13(17(14)20)18(24)16-12(2)9-22(3)19(16)25;1-11-8-20-23(9-11)10-14-15(28(4,25)26)6-5-13(17(14)19)18(24)27-16-7-12(2)21-22(16)3;1-8-5-16-17(6-8)7-10-11(21(2,19)20)4-3-9(12(10)14)13(15)18;1-4-7(5-2)6-3;1-4-3-5(8)7(2)6-4/h5-9,25H,10H2,1-4H3;5-9H,10H2,1-4H3;3-6H,7H2,1-2H3;4-6H2,1-3H3;3,6H,1-2H3. The Labute approximate surface area is 555 Å². The molecule has 0 atom stereocenters. The lowest BCUT2D eigenvalue weighted by molar-refractivity contribution is 0.0719. The second kappa shape index (κ2) is 31.8. The first kappa shape index (κ1) is 75.1. The van der Waals surface area contributed by atoms with E-state index in [0.29, 0.717) is 16.8 Å². The Kier molecular flexibility index (Phi) is 26.0. The monoisotopic (exact) mass is 1400 g/mol. The van der Waals surface area contributed by atoms with Crippen LogP contribution in [0.1, 0.15) is 108 Å². The molecule has 9 rings (SSSR count). The zero-order valence-electron chi connectivity index (χ0n) is 53.5. The predicted octanol–water partition coefficient (Wildman–Crippen LogP) is 9.48. The van der Waals surface area contributed by atoms with Gasteiger partial charge < -0.3 is 24.4 Å². The summed E-state index contributed by atoms with van der Waals surface area (Å²) < 4.78 is 87.0. The van der Waals surface area contributed by atoms with E-state index in [0.717, 1.165) is 41.2 Å². The highest BCUT2D eigenvalue weighted by Crippen LogP contribution is 2.35. The summed E-state index contributed by atoms with van der Waals surface area (Å²) in [5.74, 6) is -1.09. The van der Waals surface area contributed by atoms with Crippen LogP contribution in [0.3, 0.4) is 0 Å². The number of aryl methyl sites for hydroxylation is 9. The predicted molar refractivity (Wildman–Crippen MR) is 354 cm³/mol. The number of hydrogen-bond donors (Lipinski definition) is 2. The fraction of sp³-hybridized carbons (Fsp3) is 0.344. The fourth-order valence-electron chi connectivity index (χ4n) is 9.25. The Morgan fingerprint density at radius 1 is 0.598 bits per heavy atom. The molecule has 9 aromatic rings. The topological polar surface area (TPSA) is 300 Å². The van der Waals surface area contributed by atoms with Gasteiger partial charge in [0, 0.05) is 105 Å². The zero-order chi connectivity index (χ0) is 69.1. The molecule has 0 bridgehead atoms. The minimum absolute atomic E-state index is 0.0139. The van der Waals surface area contributed by atoms with Crippen molar-refractivity contribution in [1.82, 2.24) is 58.4 Å². The van der Waals surface area contributed by atoms with Crippen molar-refractivity contribution in [3.05, 3.63) is 190 Å². The summed E-state index contributed by atoms with van der Waals surface area (Å²) in [4.78, 5) is 50.1. The summed E-state index contributed by atoms with van der Waals surface area (Å²) in [6, 6.07) is 11.3. The average molecular weight is 1410 g/mol. The van der Waals surface area contributed by atoms with Gasteiger partial charge >= 0.3 is 5.97 Å². The molecule has 31 heteroatoms. The summed E-state index contributed by atoms with van der Waals surface area (Å²) in [6.45, 7) is 21.4. The maximum atomic E-state index is 13.1. The number of aromatic nitrogens is 11. The van der Waals surface area contributed by atoms with Gasteiger partial charge in [-0.3, -0.25) is 33.1 Å². The molecule has 0 aliphatic heterocycles. The van der Waals surface area contributed by atoms with Crippen LogP contribution in [0.25, 0.3) is 0 Å². The van der Waals surface area contributed by atoms with Gasteiger partial charge in [0.2, 0.25) is 11.8 Å². The fourth-order valence-corrected chi connectivity index (χ4v) is 13.3. The van der Waals surface area contributed by atoms with Gasteiger partial charge in [-0.25, -0.2) is 34.7 Å². The van der Waals surface area contributed by atoms with Crippen molar-refractivity contribution >= 4 is 92.9 Å². The molecule has 6 aromatic heterocycles. The molecule has 0 unspecified atom stereocenters. The van der Waals surface area contributed by atoms with E-state index in [1.54, 1.807) is 105 Å². The number of rotatable bonds is 17. The Morgan fingerprint density at radius 2 is 0.989 bits per heavy atom. The van der Waals surface area contributed by atoms with E-state index in [1.165, 1.54) is 70.0 Å². The number of nitrogens with zero attached hydrogens (tertiary/aromatic N) is 11. The van der Waals surface area contributed by atoms with E-state index >= 15 is 0 Å². The van der Waals surface area contributed by atoms with E-state index in [1.807, 2.05) is 27.7 Å². The van der Waals surface area contributed by atoms with Crippen molar-refractivity contribution in [1.29, 1.82) is 0 Å². The molecule has 0 aliphatic rings. The van der Waals surface area contributed by atoms with E-state index in [-0.39, 0.29) is 100 Å². The summed E-state index contributed by atoms with van der Waals surface area (Å²) in [6.07, 6.45) is 15.1. The third kappa shape index (κ3) is 19.7. The number of H-pyrrole nitrogens is 1. The van der Waals surface area contributed by atoms with Gasteiger partial charge in [0.25, 0.3) is 10.8 Å². The van der Waals surface area contributed by atoms with Crippen LogP contribution in [-0.4, -0.2) is 144 Å². The lowest BCUT2D eigenvalue weighted by Crippen LogP contribution is -2.21. The van der Waals surface area contributed by atoms with Crippen LogP contribution in [0.4, 0.5) is 0 Å². The number of ketones is 1. The van der Waals surface area contributed by atoms with Gasteiger partial charge in [0.15, 0.2) is 35.3 Å². The maximum Gasteiger partial charge on any atom is 0.346 e. The third-order valence-corrected chi connectivity index (χ3v) is 18.8. The van der Waals surface area contributed by atoms with Crippen molar-refractivity contribution in [2.45, 2.75) is 96.6 Å². The highest BCUT2D eigenvalue weighted by molar-refractivity contribution is 7.91. The molecule has 0 spiro atoms. The first-order valence-electron chi connectivity index (χ1n) is 28.1. The van der Waals surface area contributed by atoms with Gasteiger partial charge in [-0.05, 0) is 131 Å². The van der Waals surface area contributed by atoms with Crippen LogP contribution in [0, 0.1) is 41.5 Å². The van der Waals surface area contributed by atoms with E-state index in [2.05, 4.69) is 51.2 Å². The number of aromatic hydroxyl groups is 1. The summed E-state index contributed by atoms with van der Waals surface area (Å²) in [5, 5.41) is 28.9. The Balaban J connectivity index is 0.000000226. The van der Waals surface area contributed by atoms with Crippen LogP contribution in [0.5, 0.6) is 11.8 Å².